The summed E-state index contributed by atoms with van der Waals surface area (Å²) in [5, 5.41) is 2.76. The van der Waals surface area contributed by atoms with Gasteiger partial charge in [0.2, 0.25) is 11.8 Å². The first-order chi connectivity index (χ1) is 15.3. The molecule has 33 heavy (non-hydrogen) atoms. The molecule has 1 N–H and O–H groups in total. The van der Waals surface area contributed by atoms with Crippen molar-refractivity contribution >= 4 is 27.7 Å². The van der Waals surface area contributed by atoms with Crippen molar-refractivity contribution in [2.45, 2.75) is 50.7 Å². The van der Waals surface area contributed by atoms with E-state index in [0.717, 1.165) is 4.90 Å². The number of carbonyl (C=O) groups is 3. The highest BCUT2D eigenvalue weighted by atomic mass is 32.2. The molecule has 0 spiro atoms. The van der Waals surface area contributed by atoms with E-state index in [9.17, 15) is 27.2 Å². The van der Waals surface area contributed by atoms with E-state index < -0.39 is 51.7 Å². The van der Waals surface area contributed by atoms with Crippen molar-refractivity contribution in [3.8, 4) is 0 Å². The molecule has 2 aromatic rings. The first kappa shape index (κ1) is 24.4. The van der Waals surface area contributed by atoms with Crippen LogP contribution >= 0.6 is 0 Å². The third kappa shape index (κ3) is 5.05. The van der Waals surface area contributed by atoms with Crippen molar-refractivity contribution in [2.75, 3.05) is 6.54 Å². The fourth-order valence-electron chi connectivity index (χ4n) is 3.47. The number of fused-ring (bicyclic) bond motifs is 1. The summed E-state index contributed by atoms with van der Waals surface area (Å²) < 4.78 is 40.5. The van der Waals surface area contributed by atoms with Crippen LogP contribution in [0.15, 0.2) is 53.4 Å². The lowest BCUT2D eigenvalue weighted by atomic mass is 10.1. The SMILES string of the molecule is C[C@@H](C(=O)NC(C)(C)C)N(Cc1ccccc1F)C(=O)CN1C(=O)c2ccccc2S1(=O)=O. The summed E-state index contributed by atoms with van der Waals surface area (Å²) >= 11 is 0. The number of hydrogen-bond donors (Lipinski definition) is 1. The fraction of sp³-hybridized carbons (Fsp3) is 0.348. The lowest BCUT2D eigenvalue weighted by molar-refractivity contribution is -0.141. The summed E-state index contributed by atoms with van der Waals surface area (Å²) in [4.78, 5) is 39.7. The van der Waals surface area contributed by atoms with E-state index in [-0.39, 0.29) is 22.6 Å². The number of hydrogen-bond acceptors (Lipinski definition) is 5. The van der Waals surface area contributed by atoms with Gasteiger partial charge in [0, 0.05) is 17.6 Å². The van der Waals surface area contributed by atoms with Gasteiger partial charge in [-0.05, 0) is 45.9 Å². The van der Waals surface area contributed by atoms with E-state index in [2.05, 4.69) is 5.32 Å². The molecule has 1 atom stereocenters. The molecule has 1 aliphatic heterocycles. The highest BCUT2D eigenvalue weighted by Crippen LogP contribution is 2.30. The van der Waals surface area contributed by atoms with Crippen LogP contribution < -0.4 is 5.32 Å². The van der Waals surface area contributed by atoms with Gasteiger partial charge in [0.25, 0.3) is 15.9 Å². The molecule has 0 aromatic heterocycles. The van der Waals surface area contributed by atoms with Crippen LogP contribution in [0.25, 0.3) is 0 Å². The zero-order valence-electron chi connectivity index (χ0n) is 18.8. The van der Waals surface area contributed by atoms with Gasteiger partial charge >= 0.3 is 0 Å². The van der Waals surface area contributed by atoms with Crippen LogP contribution in [0.5, 0.6) is 0 Å². The van der Waals surface area contributed by atoms with Crippen LogP contribution in [-0.4, -0.2) is 53.5 Å². The minimum Gasteiger partial charge on any atom is -0.350 e. The average molecular weight is 476 g/mol. The Morgan fingerprint density at radius 3 is 2.30 bits per heavy atom. The van der Waals surface area contributed by atoms with Crippen molar-refractivity contribution < 1.29 is 27.2 Å². The first-order valence-corrected chi connectivity index (χ1v) is 11.8. The van der Waals surface area contributed by atoms with Crippen LogP contribution in [-0.2, 0) is 26.2 Å². The van der Waals surface area contributed by atoms with Crippen LogP contribution in [0.2, 0.25) is 0 Å². The Balaban J connectivity index is 1.92. The Bertz CT molecular complexity index is 1210. The number of rotatable bonds is 6. The van der Waals surface area contributed by atoms with Crippen molar-refractivity contribution in [1.82, 2.24) is 14.5 Å². The second-order valence-electron chi connectivity index (χ2n) is 8.84. The Kier molecular flexibility index (Phi) is 6.60. The number of nitrogens with zero attached hydrogens (tertiary/aromatic N) is 2. The molecule has 0 saturated carbocycles. The number of halogens is 1. The number of nitrogens with one attached hydrogen (secondary N) is 1. The molecule has 0 unspecified atom stereocenters. The smallest absolute Gasteiger partial charge is 0.269 e. The molecule has 0 bridgehead atoms. The molecule has 0 aliphatic carbocycles. The summed E-state index contributed by atoms with van der Waals surface area (Å²) in [6.45, 7) is 5.69. The van der Waals surface area contributed by atoms with Crippen molar-refractivity contribution in [1.29, 1.82) is 0 Å². The number of sulfonamides is 1. The molecule has 10 heteroatoms. The molecule has 2 aromatic carbocycles. The summed E-state index contributed by atoms with van der Waals surface area (Å²) in [5.74, 6) is -2.70. The zero-order valence-corrected chi connectivity index (χ0v) is 19.6. The molecule has 176 valence electrons. The molecular weight excluding hydrogens is 449 g/mol. The van der Waals surface area contributed by atoms with Gasteiger partial charge in [0.15, 0.2) is 0 Å². The van der Waals surface area contributed by atoms with Gasteiger partial charge in [-0.2, -0.15) is 0 Å². The minimum absolute atomic E-state index is 0.0236. The lowest BCUT2D eigenvalue weighted by Gasteiger charge is -2.32. The van der Waals surface area contributed by atoms with Crippen LogP contribution in [0.4, 0.5) is 4.39 Å². The van der Waals surface area contributed by atoms with Crippen molar-refractivity contribution in [3.63, 3.8) is 0 Å². The van der Waals surface area contributed by atoms with Crippen molar-refractivity contribution in [3.05, 3.63) is 65.5 Å². The van der Waals surface area contributed by atoms with Gasteiger partial charge in [-0.15, -0.1) is 0 Å². The Hall–Kier alpha value is -3.27. The maximum absolute atomic E-state index is 14.3. The summed E-state index contributed by atoms with van der Waals surface area (Å²) in [7, 11) is -4.22. The predicted octanol–water partition coefficient (Wildman–Crippen LogP) is 2.30. The molecule has 1 heterocycles. The summed E-state index contributed by atoms with van der Waals surface area (Å²) in [6, 6.07) is 10.4. The van der Waals surface area contributed by atoms with Gasteiger partial charge in [0.1, 0.15) is 23.3 Å². The molecule has 0 fully saturated rings. The maximum Gasteiger partial charge on any atom is 0.269 e. The van der Waals surface area contributed by atoms with Gasteiger partial charge in [-0.25, -0.2) is 17.1 Å². The normalized spacial score (nSPS) is 15.7. The highest BCUT2D eigenvalue weighted by Gasteiger charge is 2.43. The summed E-state index contributed by atoms with van der Waals surface area (Å²) in [6.07, 6.45) is 0. The third-order valence-corrected chi connectivity index (χ3v) is 6.94. The Morgan fingerprint density at radius 1 is 1.09 bits per heavy atom. The van der Waals surface area contributed by atoms with Crippen molar-refractivity contribution in [2.24, 2.45) is 0 Å². The van der Waals surface area contributed by atoms with Crippen LogP contribution in [0.1, 0.15) is 43.6 Å². The number of carbonyl (C=O) groups excluding carboxylic acids is 3. The zero-order chi connectivity index (χ0) is 24.6. The number of amides is 3. The molecular formula is C23H26FN3O5S. The molecule has 1 aliphatic rings. The number of benzene rings is 2. The third-order valence-electron chi connectivity index (χ3n) is 5.15. The van der Waals surface area contributed by atoms with Crippen LogP contribution in [0.3, 0.4) is 0 Å². The van der Waals surface area contributed by atoms with Gasteiger partial charge in [0.05, 0.1) is 5.56 Å². The first-order valence-electron chi connectivity index (χ1n) is 10.3. The molecule has 3 rings (SSSR count). The van der Waals surface area contributed by atoms with E-state index in [4.69, 9.17) is 0 Å². The second-order valence-corrected chi connectivity index (χ2v) is 10.7. The topological polar surface area (TPSA) is 104 Å². The standard InChI is InChI=1S/C23H26FN3O5S/c1-15(21(29)25-23(2,3)4)26(13-16-9-5-7-11-18(16)24)20(28)14-27-22(30)17-10-6-8-12-19(17)33(27,31)32/h5-12,15H,13-14H2,1-4H3,(H,25,29)/t15-/m0/s1. The monoisotopic (exact) mass is 475 g/mol. The predicted molar refractivity (Wildman–Crippen MR) is 119 cm³/mol. The van der Waals surface area contributed by atoms with E-state index in [0.29, 0.717) is 4.31 Å². The van der Waals surface area contributed by atoms with Gasteiger partial charge in [-0.1, -0.05) is 30.3 Å². The van der Waals surface area contributed by atoms with E-state index in [1.165, 1.54) is 49.4 Å². The Morgan fingerprint density at radius 2 is 1.70 bits per heavy atom. The van der Waals surface area contributed by atoms with E-state index in [1.807, 2.05) is 0 Å². The fourth-order valence-corrected chi connectivity index (χ4v) is 4.99. The molecule has 0 saturated heterocycles. The van der Waals surface area contributed by atoms with E-state index in [1.54, 1.807) is 26.8 Å². The molecule has 3 amide bonds. The van der Waals surface area contributed by atoms with Gasteiger partial charge in [-0.3, -0.25) is 14.4 Å². The van der Waals surface area contributed by atoms with Gasteiger partial charge < -0.3 is 10.2 Å². The maximum atomic E-state index is 14.3. The minimum atomic E-state index is -4.22. The second kappa shape index (κ2) is 8.93. The van der Waals surface area contributed by atoms with Crippen LogP contribution in [0, 0.1) is 5.82 Å². The molecule has 8 nitrogen and oxygen atoms in total. The average Bonchev–Trinajstić information content (AvgIpc) is 2.92. The Labute approximate surface area is 192 Å². The highest BCUT2D eigenvalue weighted by molar-refractivity contribution is 7.90. The van der Waals surface area contributed by atoms with E-state index >= 15 is 0 Å². The lowest BCUT2D eigenvalue weighted by Crippen LogP contribution is -2.54. The summed E-state index contributed by atoms with van der Waals surface area (Å²) in [5.41, 5.74) is -0.460. The molecule has 0 radical (unpaired) electrons. The quantitative estimate of drug-likeness (QED) is 0.691. The largest absolute Gasteiger partial charge is 0.350 e.